The van der Waals surface area contributed by atoms with Gasteiger partial charge in [-0.2, -0.15) is 0 Å². The molecule has 7 heavy (non-hydrogen) atoms. The van der Waals surface area contributed by atoms with Crippen molar-refractivity contribution in [2.45, 2.75) is 23.3 Å². The van der Waals surface area contributed by atoms with E-state index < -0.39 is 6.17 Å². The van der Waals surface area contributed by atoms with E-state index in [1.165, 1.54) is 6.92 Å². The van der Waals surface area contributed by atoms with Crippen molar-refractivity contribution in [2.24, 2.45) is 0 Å². The molecule has 0 radical (unpaired) electrons. The topological polar surface area (TPSA) is 0 Å². The smallest absolute Gasteiger partial charge is 0.0992 e. The lowest BCUT2D eigenvalue weighted by atomic mass is 10.3. The fourth-order valence-electron chi connectivity index (χ4n) is 0.246. The highest BCUT2D eigenvalue weighted by molar-refractivity contribution is 9.24. The standard InChI is InChI=1S/C4H7Br2F/c1-3(7)2-4(5)6/h3-4H,2H2,1H3. The lowest BCUT2D eigenvalue weighted by molar-refractivity contribution is 0.352. The molecular weight excluding hydrogens is 227 g/mol. The third kappa shape index (κ3) is 6.89. The normalized spacial score (nSPS) is 15.0. The Balaban J connectivity index is 2.95. The Kier molecular flexibility index (Phi) is 4.33. The van der Waals surface area contributed by atoms with Crippen LogP contribution in [0.2, 0.25) is 0 Å². The van der Waals surface area contributed by atoms with E-state index in [4.69, 9.17) is 0 Å². The highest BCUT2D eigenvalue weighted by atomic mass is 79.9. The minimum atomic E-state index is -0.719. The molecule has 0 aromatic heterocycles. The van der Waals surface area contributed by atoms with Crippen LogP contribution in [-0.4, -0.2) is 9.91 Å². The molecule has 0 aliphatic rings. The van der Waals surface area contributed by atoms with Crippen LogP contribution in [0.4, 0.5) is 4.39 Å². The second kappa shape index (κ2) is 3.84. The first kappa shape index (κ1) is 7.89. The van der Waals surface area contributed by atoms with E-state index in [1.807, 2.05) is 0 Å². The molecular formula is C4H7Br2F. The monoisotopic (exact) mass is 232 g/mol. The molecule has 0 aromatic rings. The van der Waals surface area contributed by atoms with E-state index in [1.54, 1.807) is 0 Å². The van der Waals surface area contributed by atoms with E-state index in [0.29, 0.717) is 6.42 Å². The molecule has 44 valence electrons. The summed E-state index contributed by atoms with van der Waals surface area (Å²) in [6.45, 7) is 1.54. The molecule has 3 heteroatoms. The van der Waals surface area contributed by atoms with Gasteiger partial charge in [0.05, 0.1) is 9.91 Å². The first-order chi connectivity index (χ1) is 3.13. The molecule has 0 aliphatic heterocycles. The number of halogens is 3. The Morgan fingerprint density at radius 1 is 1.57 bits per heavy atom. The van der Waals surface area contributed by atoms with E-state index in [2.05, 4.69) is 31.9 Å². The van der Waals surface area contributed by atoms with Gasteiger partial charge in [0.15, 0.2) is 0 Å². The predicted octanol–water partition coefficient (Wildman–Crippen LogP) is 2.85. The van der Waals surface area contributed by atoms with E-state index in [0.717, 1.165) is 0 Å². The Labute approximate surface area is 59.7 Å². The molecule has 0 saturated carbocycles. The molecule has 0 fully saturated rings. The number of hydrogen-bond donors (Lipinski definition) is 0. The molecule has 0 nitrogen and oxygen atoms in total. The van der Waals surface area contributed by atoms with Crippen LogP contribution in [0, 0.1) is 0 Å². The molecule has 0 heterocycles. The van der Waals surface area contributed by atoms with Crippen molar-refractivity contribution in [2.75, 3.05) is 0 Å². The Hall–Kier alpha value is 0.890. The molecule has 0 spiro atoms. The van der Waals surface area contributed by atoms with Crippen LogP contribution in [0.5, 0.6) is 0 Å². The maximum absolute atomic E-state index is 11.9. The van der Waals surface area contributed by atoms with Crippen molar-refractivity contribution in [3.8, 4) is 0 Å². The van der Waals surface area contributed by atoms with Gasteiger partial charge in [0.2, 0.25) is 0 Å². The molecule has 1 atom stereocenters. The van der Waals surface area contributed by atoms with Gasteiger partial charge in [0.1, 0.15) is 0 Å². The zero-order chi connectivity index (χ0) is 5.86. The highest BCUT2D eigenvalue weighted by Gasteiger charge is 2.02. The van der Waals surface area contributed by atoms with Gasteiger partial charge in [0.25, 0.3) is 0 Å². The van der Waals surface area contributed by atoms with Crippen LogP contribution in [0.3, 0.4) is 0 Å². The third-order valence-electron chi connectivity index (χ3n) is 0.503. The van der Waals surface area contributed by atoms with Gasteiger partial charge in [-0.05, 0) is 6.92 Å². The lowest BCUT2D eigenvalue weighted by Crippen LogP contribution is -1.96. The average Bonchev–Trinajstić information content (AvgIpc) is 1.27. The van der Waals surface area contributed by atoms with Crippen molar-refractivity contribution >= 4 is 31.9 Å². The van der Waals surface area contributed by atoms with E-state index >= 15 is 0 Å². The van der Waals surface area contributed by atoms with Gasteiger partial charge >= 0.3 is 0 Å². The van der Waals surface area contributed by atoms with Crippen molar-refractivity contribution in [3.63, 3.8) is 0 Å². The van der Waals surface area contributed by atoms with E-state index in [-0.39, 0.29) is 3.74 Å². The molecule has 0 N–H and O–H groups in total. The summed E-state index contributed by atoms with van der Waals surface area (Å²) in [5.41, 5.74) is 0. The zero-order valence-electron chi connectivity index (χ0n) is 4.00. The molecule has 0 amide bonds. The molecule has 0 rings (SSSR count). The van der Waals surface area contributed by atoms with Crippen molar-refractivity contribution < 1.29 is 4.39 Å². The second-order valence-corrected chi connectivity index (χ2v) is 4.85. The second-order valence-electron chi connectivity index (χ2n) is 1.41. The van der Waals surface area contributed by atoms with Gasteiger partial charge in [-0.3, -0.25) is 0 Å². The average molecular weight is 234 g/mol. The van der Waals surface area contributed by atoms with Gasteiger partial charge in [-0.1, -0.05) is 31.9 Å². The molecule has 0 saturated heterocycles. The quantitative estimate of drug-likeness (QED) is 0.644. The minimum Gasteiger partial charge on any atom is -0.248 e. The SMILES string of the molecule is CC(F)CC(Br)Br. The van der Waals surface area contributed by atoms with Gasteiger partial charge in [0, 0.05) is 6.42 Å². The van der Waals surface area contributed by atoms with Crippen LogP contribution in [0.25, 0.3) is 0 Å². The van der Waals surface area contributed by atoms with Crippen molar-refractivity contribution in [3.05, 3.63) is 0 Å². The van der Waals surface area contributed by atoms with Crippen LogP contribution >= 0.6 is 31.9 Å². The maximum Gasteiger partial charge on any atom is 0.0992 e. The summed E-state index contributed by atoms with van der Waals surface area (Å²) < 4.78 is 12.0. The highest BCUT2D eigenvalue weighted by Crippen LogP contribution is 2.15. The van der Waals surface area contributed by atoms with Gasteiger partial charge < -0.3 is 0 Å². The fourth-order valence-corrected chi connectivity index (χ4v) is 1.28. The van der Waals surface area contributed by atoms with Crippen LogP contribution in [0.1, 0.15) is 13.3 Å². The summed E-state index contributed by atoms with van der Waals surface area (Å²) in [6.07, 6.45) is -0.191. The first-order valence-electron chi connectivity index (χ1n) is 2.05. The van der Waals surface area contributed by atoms with E-state index in [9.17, 15) is 4.39 Å². The van der Waals surface area contributed by atoms with Crippen LogP contribution in [0.15, 0.2) is 0 Å². The van der Waals surface area contributed by atoms with Crippen LogP contribution in [-0.2, 0) is 0 Å². The summed E-state index contributed by atoms with van der Waals surface area (Å²) in [5.74, 6) is 0. The van der Waals surface area contributed by atoms with Crippen molar-refractivity contribution in [1.29, 1.82) is 0 Å². The van der Waals surface area contributed by atoms with Crippen molar-refractivity contribution in [1.82, 2.24) is 0 Å². The summed E-state index contributed by atoms with van der Waals surface area (Å²) in [6, 6.07) is 0. The largest absolute Gasteiger partial charge is 0.248 e. The summed E-state index contributed by atoms with van der Waals surface area (Å²) in [7, 11) is 0. The molecule has 0 bridgehead atoms. The maximum atomic E-state index is 11.9. The number of alkyl halides is 3. The number of rotatable bonds is 2. The Bertz CT molecular complexity index is 39.0. The number of hydrogen-bond acceptors (Lipinski definition) is 0. The Morgan fingerprint density at radius 3 is 2.00 bits per heavy atom. The molecule has 1 unspecified atom stereocenters. The summed E-state index contributed by atoms with van der Waals surface area (Å²) in [5, 5.41) is 0. The minimum absolute atomic E-state index is 0.125. The molecule has 0 aliphatic carbocycles. The zero-order valence-corrected chi connectivity index (χ0v) is 7.17. The summed E-state index contributed by atoms with van der Waals surface area (Å²) in [4.78, 5) is 0. The fraction of sp³-hybridized carbons (Fsp3) is 1.00. The predicted molar refractivity (Wildman–Crippen MR) is 36.8 cm³/mol. The lowest BCUT2D eigenvalue weighted by Gasteiger charge is -1.99. The summed E-state index contributed by atoms with van der Waals surface area (Å²) >= 11 is 6.30. The first-order valence-corrected chi connectivity index (χ1v) is 3.88. The van der Waals surface area contributed by atoms with Gasteiger partial charge in [-0.25, -0.2) is 4.39 Å². The van der Waals surface area contributed by atoms with Gasteiger partial charge in [-0.15, -0.1) is 0 Å². The molecule has 0 aromatic carbocycles. The third-order valence-corrected chi connectivity index (χ3v) is 1.25. The van der Waals surface area contributed by atoms with Crippen LogP contribution < -0.4 is 0 Å². The Morgan fingerprint density at radius 2 is 2.00 bits per heavy atom.